The van der Waals surface area contributed by atoms with Crippen molar-refractivity contribution < 1.29 is 14.6 Å². The third-order valence-electron chi connectivity index (χ3n) is 2.21. The molecule has 0 aromatic rings. The number of hydrogen-bond donors (Lipinski definition) is 2. The second kappa shape index (κ2) is 7.48. The molecule has 1 unspecified atom stereocenters. The lowest BCUT2D eigenvalue weighted by Crippen LogP contribution is -2.43. The summed E-state index contributed by atoms with van der Waals surface area (Å²) in [7, 11) is 3.96. The van der Waals surface area contributed by atoms with Gasteiger partial charge < -0.3 is 20.1 Å². The number of aliphatic hydroxyl groups is 1. The molecule has 5 nitrogen and oxygen atoms in total. The second-order valence-electron chi connectivity index (χ2n) is 4.02. The van der Waals surface area contributed by atoms with Gasteiger partial charge in [-0.2, -0.15) is 0 Å². The van der Waals surface area contributed by atoms with Gasteiger partial charge in [0, 0.05) is 12.6 Å². The van der Waals surface area contributed by atoms with Gasteiger partial charge in [-0.3, -0.25) is 0 Å². The molecule has 2 N–H and O–H groups in total. The lowest BCUT2D eigenvalue weighted by atomic mass is 10.0. The lowest BCUT2D eigenvalue weighted by Gasteiger charge is -2.27. The first-order chi connectivity index (χ1) is 6.99. The molecule has 0 aromatic heterocycles. The van der Waals surface area contributed by atoms with Crippen LogP contribution >= 0.6 is 0 Å². The van der Waals surface area contributed by atoms with Crippen LogP contribution in [0.4, 0.5) is 4.79 Å². The molecule has 0 aliphatic rings. The van der Waals surface area contributed by atoms with Crippen molar-refractivity contribution in [2.75, 3.05) is 33.9 Å². The van der Waals surface area contributed by atoms with Gasteiger partial charge in [-0.25, -0.2) is 4.79 Å². The highest BCUT2D eigenvalue weighted by Gasteiger charge is 2.16. The average molecular weight is 218 g/mol. The summed E-state index contributed by atoms with van der Waals surface area (Å²) in [6, 6.07) is 0.284. The number of ether oxygens (including phenoxy) is 1. The van der Waals surface area contributed by atoms with Crippen molar-refractivity contribution >= 4 is 6.09 Å². The first-order valence-electron chi connectivity index (χ1n) is 5.17. The van der Waals surface area contributed by atoms with Crippen LogP contribution in [0.3, 0.4) is 0 Å². The number of aliphatic hydroxyl groups excluding tert-OH is 1. The van der Waals surface area contributed by atoms with Crippen molar-refractivity contribution in [2.45, 2.75) is 19.9 Å². The van der Waals surface area contributed by atoms with E-state index in [1.807, 2.05) is 14.1 Å². The van der Waals surface area contributed by atoms with E-state index in [0.29, 0.717) is 12.5 Å². The Balaban J connectivity index is 3.84. The van der Waals surface area contributed by atoms with Crippen LogP contribution in [0.5, 0.6) is 0 Å². The highest BCUT2D eigenvalue weighted by atomic mass is 16.6. The fraction of sp³-hybridized carbons (Fsp3) is 0.900. The van der Waals surface area contributed by atoms with E-state index in [1.165, 1.54) is 0 Å². The maximum Gasteiger partial charge on any atom is 0.407 e. The molecular formula is C10H22N2O3. The van der Waals surface area contributed by atoms with Gasteiger partial charge in [0.2, 0.25) is 0 Å². The van der Waals surface area contributed by atoms with Gasteiger partial charge in [-0.15, -0.1) is 0 Å². The van der Waals surface area contributed by atoms with E-state index in [0.717, 1.165) is 0 Å². The minimum Gasteiger partial charge on any atom is -0.447 e. The van der Waals surface area contributed by atoms with Crippen LogP contribution in [0.2, 0.25) is 0 Å². The van der Waals surface area contributed by atoms with E-state index in [9.17, 15) is 4.79 Å². The number of rotatable bonds is 6. The minimum absolute atomic E-state index is 0.0418. The van der Waals surface area contributed by atoms with Crippen LogP contribution in [-0.4, -0.2) is 56.0 Å². The molecule has 0 fully saturated rings. The first kappa shape index (κ1) is 14.2. The Bertz CT molecular complexity index is 176. The maximum absolute atomic E-state index is 11.1. The molecule has 1 atom stereocenters. The van der Waals surface area contributed by atoms with Crippen molar-refractivity contribution in [3.63, 3.8) is 0 Å². The van der Waals surface area contributed by atoms with E-state index in [-0.39, 0.29) is 19.3 Å². The molecule has 0 aromatic carbocycles. The summed E-state index contributed by atoms with van der Waals surface area (Å²) in [5.41, 5.74) is 0. The molecule has 0 radical (unpaired) electrons. The Morgan fingerprint density at radius 1 is 1.47 bits per heavy atom. The number of carbonyl (C=O) groups is 1. The summed E-state index contributed by atoms with van der Waals surface area (Å²) in [6.07, 6.45) is -0.475. The van der Waals surface area contributed by atoms with Crippen LogP contribution in [0.15, 0.2) is 0 Å². The molecule has 90 valence electrons. The largest absolute Gasteiger partial charge is 0.447 e. The molecule has 5 heteroatoms. The van der Waals surface area contributed by atoms with E-state index >= 15 is 0 Å². The SMILES string of the molecule is CC(C)C(CNC(=O)OCCO)N(C)C. The fourth-order valence-electron chi connectivity index (χ4n) is 1.39. The number of likely N-dealkylation sites (N-methyl/N-ethyl adjacent to an activating group) is 1. The number of alkyl carbamates (subject to hydrolysis) is 1. The average Bonchev–Trinajstić information content (AvgIpc) is 2.13. The van der Waals surface area contributed by atoms with Gasteiger partial charge >= 0.3 is 6.09 Å². The van der Waals surface area contributed by atoms with Crippen LogP contribution in [-0.2, 0) is 4.74 Å². The molecule has 15 heavy (non-hydrogen) atoms. The van der Waals surface area contributed by atoms with Crippen molar-refractivity contribution in [3.8, 4) is 0 Å². The van der Waals surface area contributed by atoms with E-state index in [1.54, 1.807) is 0 Å². The maximum atomic E-state index is 11.1. The number of carbonyl (C=O) groups excluding carboxylic acids is 1. The summed E-state index contributed by atoms with van der Waals surface area (Å²) in [6.45, 7) is 4.65. The molecule has 0 spiro atoms. The van der Waals surface area contributed by atoms with Gasteiger partial charge in [0.15, 0.2) is 0 Å². The van der Waals surface area contributed by atoms with Crippen LogP contribution < -0.4 is 5.32 Å². The molecule has 1 amide bonds. The van der Waals surface area contributed by atoms with E-state index < -0.39 is 6.09 Å². The van der Waals surface area contributed by atoms with Crippen LogP contribution in [0, 0.1) is 5.92 Å². The second-order valence-corrected chi connectivity index (χ2v) is 4.02. The third-order valence-corrected chi connectivity index (χ3v) is 2.21. The van der Waals surface area contributed by atoms with Crippen molar-refractivity contribution in [2.24, 2.45) is 5.92 Å². The Kier molecular flexibility index (Phi) is 7.07. The monoisotopic (exact) mass is 218 g/mol. The number of nitrogens with zero attached hydrogens (tertiary/aromatic N) is 1. The Morgan fingerprint density at radius 2 is 2.07 bits per heavy atom. The normalized spacial score (nSPS) is 13.0. The summed E-state index contributed by atoms with van der Waals surface area (Å²) in [4.78, 5) is 13.2. The summed E-state index contributed by atoms with van der Waals surface area (Å²) >= 11 is 0. The molecule has 0 rings (SSSR count). The summed E-state index contributed by atoms with van der Waals surface area (Å²) in [5, 5.41) is 11.1. The first-order valence-corrected chi connectivity index (χ1v) is 5.17. The smallest absolute Gasteiger partial charge is 0.407 e. The zero-order chi connectivity index (χ0) is 11.8. The highest BCUT2D eigenvalue weighted by Crippen LogP contribution is 2.05. The van der Waals surface area contributed by atoms with Gasteiger partial charge in [0.1, 0.15) is 6.61 Å². The zero-order valence-electron chi connectivity index (χ0n) is 9.99. The Labute approximate surface area is 91.4 Å². The van der Waals surface area contributed by atoms with Crippen molar-refractivity contribution in [1.82, 2.24) is 10.2 Å². The molecule has 0 saturated heterocycles. The fourth-order valence-corrected chi connectivity index (χ4v) is 1.39. The molecule has 0 saturated carbocycles. The topological polar surface area (TPSA) is 61.8 Å². The predicted molar refractivity (Wildman–Crippen MR) is 58.7 cm³/mol. The molecule has 0 aliphatic heterocycles. The Morgan fingerprint density at radius 3 is 2.47 bits per heavy atom. The van der Waals surface area contributed by atoms with Gasteiger partial charge in [-0.05, 0) is 20.0 Å². The van der Waals surface area contributed by atoms with Gasteiger partial charge in [0.05, 0.1) is 6.61 Å². The van der Waals surface area contributed by atoms with Crippen molar-refractivity contribution in [3.05, 3.63) is 0 Å². The molecular weight excluding hydrogens is 196 g/mol. The minimum atomic E-state index is -0.475. The number of amides is 1. The zero-order valence-corrected chi connectivity index (χ0v) is 9.99. The predicted octanol–water partition coefficient (Wildman–Crippen LogP) is 0.291. The highest BCUT2D eigenvalue weighted by molar-refractivity contribution is 5.67. The van der Waals surface area contributed by atoms with Gasteiger partial charge in [0.25, 0.3) is 0 Å². The lowest BCUT2D eigenvalue weighted by molar-refractivity contribution is 0.115. The molecule has 0 heterocycles. The van der Waals surface area contributed by atoms with E-state index in [4.69, 9.17) is 5.11 Å². The number of nitrogens with one attached hydrogen (secondary N) is 1. The van der Waals surface area contributed by atoms with Crippen LogP contribution in [0.25, 0.3) is 0 Å². The standard InChI is InChI=1S/C10H22N2O3/c1-8(2)9(12(3)4)7-11-10(14)15-6-5-13/h8-9,13H,5-7H2,1-4H3,(H,11,14). The van der Waals surface area contributed by atoms with E-state index in [2.05, 4.69) is 28.8 Å². The molecule has 0 bridgehead atoms. The van der Waals surface area contributed by atoms with Crippen LogP contribution in [0.1, 0.15) is 13.8 Å². The number of hydrogen-bond acceptors (Lipinski definition) is 4. The summed E-state index contributed by atoms with van der Waals surface area (Å²) in [5.74, 6) is 0.457. The quantitative estimate of drug-likeness (QED) is 0.672. The third kappa shape index (κ3) is 6.30. The molecule has 0 aliphatic carbocycles. The van der Waals surface area contributed by atoms with Crippen molar-refractivity contribution in [1.29, 1.82) is 0 Å². The summed E-state index contributed by atoms with van der Waals surface area (Å²) < 4.78 is 4.68. The Hall–Kier alpha value is -0.810. The van der Waals surface area contributed by atoms with Gasteiger partial charge in [-0.1, -0.05) is 13.8 Å².